The molecule has 1 aromatic carbocycles. The Morgan fingerprint density at radius 1 is 1.22 bits per heavy atom. The second-order valence-electron chi connectivity index (χ2n) is 7.65. The molecule has 194 valence electrons. The van der Waals surface area contributed by atoms with Crippen LogP contribution in [0, 0.1) is 11.2 Å². The summed E-state index contributed by atoms with van der Waals surface area (Å²) in [7, 11) is -4.31. The van der Waals surface area contributed by atoms with Crippen LogP contribution in [0.1, 0.15) is 12.1 Å². The molecule has 1 saturated heterocycles. The molecule has 2 aromatic rings. The molecule has 2 heterocycles. The number of carbonyl (C=O) groups is 1. The van der Waals surface area contributed by atoms with Crippen molar-refractivity contribution in [2.24, 2.45) is 0 Å². The number of halogens is 6. The Morgan fingerprint density at radius 3 is 2.44 bits per heavy atom. The number of hydrogen-bond donors (Lipinski definition) is 3. The first-order valence-corrected chi connectivity index (χ1v) is 12.0. The summed E-state index contributed by atoms with van der Waals surface area (Å²) in [5.74, 6) is -1.53. The lowest BCUT2D eigenvalue weighted by Gasteiger charge is -2.23. The lowest BCUT2D eigenvalue weighted by molar-refractivity contribution is -0.141. The Balaban J connectivity index is 1.70. The number of pyridine rings is 1. The van der Waals surface area contributed by atoms with Crippen molar-refractivity contribution in [3.8, 4) is 0 Å². The van der Waals surface area contributed by atoms with Crippen molar-refractivity contribution in [2.45, 2.75) is 29.7 Å². The molecule has 36 heavy (non-hydrogen) atoms. The fourth-order valence-corrected chi connectivity index (χ4v) is 5.06. The summed E-state index contributed by atoms with van der Waals surface area (Å²) < 4.78 is 91.7. The monoisotopic (exact) mass is 551 g/mol. The summed E-state index contributed by atoms with van der Waals surface area (Å²) in [4.78, 5) is 15.7. The van der Waals surface area contributed by atoms with Gasteiger partial charge in [0.05, 0.1) is 16.8 Å². The molecule has 0 bridgehead atoms. The van der Waals surface area contributed by atoms with Crippen molar-refractivity contribution >= 4 is 38.4 Å². The van der Waals surface area contributed by atoms with Gasteiger partial charge >= 0.3 is 6.18 Å². The van der Waals surface area contributed by atoms with E-state index >= 15 is 0 Å². The zero-order valence-electron chi connectivity index (χ0n) is 18.2. The Kier molecular flexibility index (Phi) is 8.31. The third-order valence-electron chi connectivity index (χ3n) is 5.13. The minimum atomic E-state index is -4.61. The van der Waals surface area contributed by atoms with Crippen LogP contribution in [0.5, 0.6) is 0 Å². The van der Waals surface area contributed by atoms with Crippen molar-refractivity contribution in [1.29, 1.82) is 5.41 Å². The molecule has 0 radical (unpaired) electrons. The minimum Gasteiger partial charge on any atom is -0.360 e. The number of nitrogens with one attached hydrogen (secondary N) is 3. The van der Waals surface area contributed by atoms with Crippen LogP contribution in [0.15, 0.2) is 59.3 Å². The predicted octanol–water partition coefficient (Wildman–Crippen LogP) is 3.67. The highest BCUT2D eigenvalue weighted by atomic mass is 35.5. The number of aromatic nitrogens is 1. The number of nitrogens with zero attached hydrogens (tertiary/aromatic N) is 2. The zero-order chi connectivity index (χ0) is 26.7. The maximum Gasteiger partial charge on any atom is 0.433 e. The highest BCUT2D eigenvalue weighted by Gasteiger charge is 2.44. The van der Waals surface area contributed by atoms with Gasteiger partial charge in [-0.1, -0.05) is 11.6 Å². The Bertz CT molecular complexity index is 1250. The Labute approximate surface area is 207 Å². The second-order valence-corrected chi connectivity index (χ2v) is 9.92. The molecule has 0 saturated carbocycles. The van der Waals surface area contributed by atoms with Crippen LogP contribution in [0.3, 0.4) is 0 Å². The zero-order valence-corrected chi connectivity index (χ0v) is 19.8. The molecule has 0 aliphatic carbocycles. The molecule has 1 amide bonds. The molecular weight excluding hydrogens is 533 g/mol. The molecule has 3 rings (SSSR count). The van der Waals surface area contributed by atoms with Gasteiger partial charge in [0.1, 0.15) is 28.9 Å². The standard InChI is InChI=1S/C21H19ClF5N5O3S/c22-19(28)12(8-29-15-3-6-18(30-10-15)21(25,26)27)9-31-20(33)17-7-14(24)11-32(17)36(34,35)16-4-1-13(23)2-5-16/h1-6,8,10,14,17,28-29H,7,9,11H2,(H,31,33)/b12-8-,28-19?/t14-,17+/m1/s1. The average molecular weight is 552 g/mol. The molecule has 3 N–H and O–H groups in total. The Morgan fingerprint density at radius 2 is 1.89 bits per heavy atom. The SMILES string of the molecule is N=C(Cl)/C(=C\Nc1ccc(C(F)(F)F)nc1)CNC(=O)[C@@H]1C[C@@H](F)CN1S(=O)(=O)c1ccc(F)cc1. The summed E-state index contributed by atoms with van der Waals surface area (Å²) in [6.07, 6.45) is -4.59. The van der Waals surface area contributed by atoms with E-state index in [1.54, 1.807) is 0 Å². The second kappa shape index (κ2) is 10.9. The van der Waals surface area contributed by atoms with E-state index in [2.05, 4.69) is 15.6 Å². The van der Waals surface area contributed by atoms with Crippen molar-refractivity contribution in [1.82, 2.24) is 14.6 Å². The summed E-state index contributed by atoms with van der Waals surface area (Å²) in [5.41, 5.74) is -0.970. The molecule has 1 aliphatic heterocycles. The fourth-order valence-electron chi connectivity index (χ4n) is 3.31. The van der Waals surface area contributed by atoms with Crippen molar-refractivity contribution in [2.75, 3.05) is 18.4 Å². The fraction of sp³-hybridized carbons (Fsp3) is 0.286. The van der Waals surface area contributed by atoms with Gasteiger partial charge in [-0.05, 0) is 36.4 Å². The average Bonchev–Trinajstić information content (AvgIpc) is 3.21. The lowest BCUT2D eigenvalue weighted by atomic mass is 10.2. The van der Waals surface area contributed by atoms with Crippen LogP contribution in [0.2, 0.25) is 0 Å². The molecule has 1 fully saturated rings. The number of amides is 1. The van der Waals surface area contributed by atoms with E-state index in [1.807, 2.05) is 0 Å². The summed E-state index contributed by atoms with van der Waals surface area (Å²) in [6, 6.07) is 4.28. The smallest absolute Gasteiger partial charge is 0.360 e. The van der Waals surface area contributed by atoms with Crippen LogP contribution in [-0.2, 0) is 21.0 Å². The van der Waals surface area contributed by atoms with E-state index in [0.29, 0.717) is 4.31 Å². The van der Waals surface area contributed by atoms with Crippen LogP contribution < -0.4 is 10.6 Å². The lowest BCUT2D eigenvalue weighted by Crippen LogP contribution is -2.46. The molecule has 0 spiro atoms. The number of carbonyl (C=O) groups excluding carboxylic acids is 1. The van der Waals surface area contributed by atoms with Gasteiger partial charge in [-0.3, -0.25) is 10.2 Å². The molecule has 1 aliphatic rings. The molecule has 2 atom stereocenters. The van der Waals surface area contributed by atoms with Gasteiger partial charge in [-0.15, -0.1) is 0 Å². The van der Waals surface area contributed by atoms with Gasteiger partial charge in [0.2, 0.25) is 15.9 Å². The highest BCUT2D eigenvalue weighted by Crippen LogP contribution is 2.29. The normalized spacial score (nSPS) is 19.2. The van der Waals surface area contributed by atoms with Crippen molar-refractivity contribution < 1.29 is 35.2 Å². The quantitative estimate of drug-likeness (QED) is 0.342. The molecule has 1 aromatic heterocycles. The van der Waals surface area contributed by atoms with E-state index in [9.17, 15) is 35.2 Å². The number of hydrogen-bond acceptors (Lipinski definition) is 6. The number of rotatable bonds is 8. The van der Waals surface area contributed by atoms with Crippen LogP contribution in [0.4, 0.5) is 27.6 Å². The largest absolute Gasteiger partial charge is 0.433 e. The van der Waals surface area contributed by atoms with Gasteiger partial charge in [-0.2, -0.15) is 17.5 Å². The van der Waals surface area contributed by atoms with E-state index in [-0.39, 0.29) is 22.7 Å². The van der Waals surface area contributed by atoms with Crippen LogP contribution in [-0.4, -0.2) is 54.1 Å². The predicted molar refractivity (Wildman–Crippen MR) is 121 cm³/mol. The maximum atomic E-state index is 14.1. The number of benzene rings is 1. The first-order chi connectivity index (χ1) is 16.8. The molecule has 8 nitrogen and oxygen atoms in total. The third kappa shape index (κ3) is 6.56. The number of alkyl halides is 4. The first-order valence-electron chi connectivity index (χ1n) is 10.2. The van der Waals surface area contributed by atoms with Gasteiger partial charge in [-0.25, -0.2) is 22.2 Å². The maximum absolute atomic E-state index is 14.1. The van der Waals surface area contributed by atoms with Gasteiger partial charge in [0.25, 0.3) is 0 Å². The van der Waals surface area contributed by atoms with Crippen molar-refractivity contribution in [3.05, 3.63) is 65.9 Å². The minimum absolute atomic E-state index is 0.00680. The van der Waals surface area contributed by atoms with Gasteiger partial charge < -0.3 is 10.6 Å². The topological polar surface area (TPSA) is 115 Å². The third-order valence-corrected chi connectivity index (χ3v) is 7.26. The molecule has 0 unspecified atom stereocenters. The van der Waals surface area contributed by atoms with Crippen LogP contribution in [0.25, 0.3) is 0 Å². The first kappa shape index (κ1) is 27.5. The van der Waals surface area contributed by atoms with Gasteiger partial charge in [0, 0.05) is 31.3 Å². The van der Waals surface area contributed by atoms with Gasteiger partial charge in [0.15, 0.2) is 0 Å². The highest BCUT2D eigenvalue weighted by molar-refractivity contribution is 7.89. The van der Waals surface area contributed by atoms with E-state index < -0.39 is 64.0 Å². The molecular formula is C21H19ClF5N5O3S. The van der Waals surface area contributed by atoms with E-state index in [1.165, 1.54) is 0 Å². The van der Waals surface area contributed by atoms with E-state index in [0.717, 1.165) is 48.8 Å². The summed E-state index contributed by atoms with van der Waals surface area (Å²) >= 11 is 5.72. The number of sulfonamides is 1. The van der Waals surface area contributed by atoms with E-state index in [4.69, 9.17) is 17.0 Å². The van der Waals surface area contributed by atoms with Crippen LogP contribution >= 0.6 is 11.6 Å². The van der Waals surface area contributed by atoms with Crippen molar-refractivity contribution in [3.63, 3.8) is 0 Å². The summed E-state index contributed by atoms with van der Waals surface area (Å²) in [6.45, 7) is -0.950. The molecule has 15 heteroatoms. The Hall–Kier alpha value is -3.10. The summed E-state index contributed by atoms with van der Waals surface area (Å²) in [5, 5.41) is 12.1. The number of anilines is 1.